The van der Waals surface area contributed by atoms with Crippen LogP contribution >= 0.6 is 0 Å². The Labute approximate surface area is 302 Å². The van der Waals surface area contributed by atoms with E-state index in [2.05, 4.69) is 192 Å². The summed E-state index contributed by atoms with van der Waals surface area (Å²) < 4.78 is 0. The maximum atomic E-state index is 5.12. The molecular formula is C46H36N6. The molecule has 0 saturated carbocycles. The second-order valence-electron chi connectivity index (χ2n) is 13.1. The van der Waals surface area contributed by atoms with Gasteiger partial charge in [-0.1, -0.05) is 60.7 Å². The zero-order chi connectivity index (χ0) is 35.0. The Morgan fingerprint density at radius 2 is 0.808 bits per heavy atom. The fourth-order valence-corrected chi connectivity index (χ4v) is 6.99. The first-order valence-electron chi connectivity index (χ1n) is 17.4. The number of para-hydroxylation sites is 2. The first kappa shape index (κ1) is 31.1. The van der Waals surface area contributed by atoms with E-state index < -0.39 is 0 Å². The molecule has 0 saturated heterocycles. The van der Waals surface area contributed by atoms with Crippen molar-refractivity contribution in [1.82, 2.24) is 19.9 Å². The summed E-state index contributed by atoms with van der Waals surface area (Å²) in [6.45, 7) is 0. The summed E-state index contributed by atoms with van der Waals surface area (Å²) in [7, 11) is 4.18. The van der Waals surface area contributed by atoms with Crippen LogP contribution in [0.4, 0.5) is 22.7 Å². The van der Waals surface area contributed by atoms with Crippen molar-refractivity contribution in [2.45, 2.75) is 0 Å². The van der Waals surface area contributed by atoms with E-state index in [0.29, 0.717) is 0 Å². The molecule has 7 aromatic rings. The van der Waals surface area contributed by atoms with Crippen molar-refractivity contribution in [1.29, 1.82) is 0 Å². The van der Waals surface area contributed by atoms with Gasteiger partial charge in [0, 0.05) is 70.0 Å². The van der Waals surface area contributed by atoms with Crippen LogP contribution < -0.4 is 9.80 Å². The fourth-order valence-electron chi connectivity index (χ4n) is 6.99. The van der Waals surface area contributed by atoms with Gasteiger partial charge in [0.25, 0.3) is 0 Å². The monoisotopic (exact) mass is 672 g/mol. The van der Waals surface area contributed by atoms with E-state index in [1.807, 2.05) is 12.1 Å². The summed E-state index contributed by atoms with van der Waals surface area (Å²) in [6.07, 6.45) is 8.33. The summed E-state index contributed by atoms with van der Waals surface area (Å²) in [6, 6.07) is 50.9. The summed E-state index contributed by atoms with van der Waals surface area (Å²) in [5.41, 5.74) is 16.3. The van der Waals surface area contributed by atoms with E-state index in [9.17, 15) is 0 Å². The van der Waals surface area contributed by atoms with Gasteiger partial charge < -0.3 is 19.8 Å². The van der Waals surface area contributed by atoms with Crippen LogP contribution in [0.2, 0.25) is 0 Å². The first-order valence-corrected chi connectivity index (χ1v) is 17.4. The lowest BCUT2D eigenvalue weighted by molar-refractivity contribution is 1.21. The number of aromatic amines is 2. The highest BCUT2D eigenvalue weighted by molar-refractivity contribution is 5.95. The third-order valence-corrected chi connectivity index (χ3v) is 9.77. The van der Waals surface area contributed by atoms with E-state index in [4.69, 9.17) is 9.97 Å². The topological polar surface area (TPSA) is 63.8 Å². The van der Waals surface area contributed by atoms with Crippen LogP contribution in [-0.2, 0) is 0 Å². The Kier molecular flexibility index (Phi) is 7.82. The van der Waals surface area contributed by atoms with Gasteiger partial charge in [-0.3, -0.25) is 0 Å². The SMILES string of the molecule is CN(c1ccccc1)c1ccc(-c2c3nc(cc4ccc([nH]4)c(-c4ccc(N(C)c5ccccc5)cc4)c4ccc(cc5nc2C=C5)[nH]4)C=C3)cc1. The smallest absolute Gasteiger partial charge is 0.0737 e. The predicted octanol–water partition coefficient (Wildman–Crippen LogP) is 11.5. The van der Waals surface area contributed by atoms with Gasteiger partial charge in [0.2, 0.25) is 0 Å². The molecule has 2 aliphatic heterocycles. The average molecular weight is 673 g/mol. The highest BCUT2D eigenvalue weighted by atomic mass is 15.1. The molecule has 4 aromatic carbocycles. The molecule has 0 fully saturated rings. The molecule has 6 heteroatoms. The largest absolute Gasteiger partial charge is 0.355 e. The van der Waals surface area contributed by atoms with E-state index in [0.717, 1.165) is 89.8 Å². The van der Waals surface area contributed by atoms with Crippen molar-refractivity contribution in [3.8, 4) is 22.3 Å². The second kappa shape index (κ2) is 13.1. The maximum absolute atomic E-state index is 5.12. The molecule has 0 atom stereocenters. The van der Waals surface area contributed by atoms with Gasteiger partial charge in [-0.15, -0.1) is 0 Å². The zero-order valence-corrected chi connectivity index (χ0v) is 29.0. The minimum absolute atomic E-state index is 0.878. The van der Waals surface area contributed by atoms with Gasteiger partial charge in [0.15, 0.2) is 0 Å². The summed E-state index contributed by atoms with van der Waals surface area (Å²) in [5.74, 6) is 0. The molecule has 5 heterocycles. The molecule has 2 N–H and O–H groups in total. The highest BCUT2D eigenvalue weighted by Gasteiger charge is 2.15. The Hall–Kier alpha value is -6.92. The minimum Gasteiger partial charge on any atom is -0.355 e. The third kappa shape index (κ3) is 5.97. The predicted molar refractivity (Wildman–Crippen MR) is 219 cm³/mol. The lowest BCUT2D eigenvalue weighted by atomic mass is 10.0. The number of benzene rings is 4. The number of rotatable bonds is 6. The van der Waals surface area contributed by atoms with Crippen molar-refractivity contribution in [2.24, 2.45) is 0 Å². The van der Waals surface area contributed by atoms with Gasteiger partial charge in [0.1, 0.15) is 0 Å². The Bertz CT molecular complexity index is 2540. The van der Waals surface area contributed by atoms with Crippen LogP contribution in [0.15, 0.2) is 146 Å². The van der Waals surface area contributed by atoms with Gasteiger partial charge in [0.05, 0.1) is 22.8 Å². The van der Waals surface area contributed by atoms with E-state index >= 15 is 0 Å². The summed E-state index contributed by atoms with van der Waals surface area (Å²) in [4.78, 5) is 22.0. The van der Waals surface area contributed by atoms with Crippen molar-refractivity contribution < 1.29 is 0 Å². The quantitative estimate of drug-likeness (QED) is 0.185. The van der Waals surface area contributed by atoms with Crippen LogP contribution in [0.1, 0.15) is 22.8 Å². The molecule has 0 radical (unpaired) electrons. The van der Waals surface area contributed by atoms with Crippen molar-refractivity contribution in [3.05, 3.63) is 168 Å². The minimum atomic E-state index is 0.878. The fraction of sp³-hybridized carbons (Fsp3) is 0.0435. The number of hydrogen-bond acceptors (Lipinski definition) is 4. The van der Waals surface area contributed by atoms with Gasteiger partial charge >= 0.3 is 0 Å². The molecule has 3 aromatic heterocycles. The molecule has 8 bridgehead atoms. The molecule has 250 valence electrons. The Balaban J connectivity index is 1.17. The van der Waals surface area contributed by atoms with Crippen LogP contribution in [0.25, 0.3) is 68.6 Å². The molecule has 52 heavy (non-hydrogen) atoms. The molecule has 2 aliphatic rings. The van der Waals surface area contributed by atoms with Crippen molar-refractivity contribution >= 4 is 69.1 Å². The molecular weight excluding hydrogens is 637 g/mol. The number of nitrogens with zero attached hydrogens (tertiary/aromatic N) is 4. The number of nitrogens with one attached hydrogen (secondary N) is 2. The van der Waals surface area contributed by atoms with Gasteiger partial charge in [-0.2, -0.15) is 0 Å². The Morgan fingerprint density at radius 3 is 1.25 bits per heavy atom. The first-order chi connectivity index (χ1) is 25.6. The van der Waals surface area contributed by atoms with Gasteiger partial charge in [-0.05, 0) is 120 Å². The summed E-state index contributed by atoms with van der Waals surface area (Å²) in [5, 5.41) is 0. The number of aromatic nitrogens is 4. The normalized spacial score (nSPS) is 11.9. The molecule has 0 amide bonds. The average Bonchev–Trinajstić information content (AvgIpc) is 4.03. The lowest BCUT2D eigenvalue weighted by Gasteiger charge is -2.19. The zero-order valence-electron chi connectivity index (χ0n) is 29.0. The molecule has 0 unspecified atom stereocenters. The molecule has 0 aliphatic carbocycles. The van der Waals surface area contributed by atoms with E-state index in [-0.39, 0.29) is 0 Å². The number of fused-ring (bicyclic) bond motifs is 8. The van der Waals surface area contributed by atoms with Crippen molar-refractivity contribution in [3.63, 3.8) is 0 Å². The molecule has 9 rings (SSSR count). The standard InChI is InChI=1S/C46H36N6/c1-51(37-9-5-3-6-10-37)39-21-13-31(14-22-39)45-41-25-17-33(47-41)29-35-19-27-43(49-35)46(44-28-20-36(50-44)30-34-18-26-42(45)48-34)32-15-23-40(24-16-32)52(2)38-11-7-4-8-12-38/h3-30,47-48H,1-2H3. The van der Waals surface area contributed by atoms with Crippen LogP contribution in [0.5, 0.6) is 0 Å². The lowest BCUT2D eigenvalue weighted by Crippen LogP contribution is -2.08. The maximum Gasteiger partial charge on any atom is 0.0737 e. The second-order valence-corrected chi connectivity index (χ2v) is 13.1. The van der Waals surface area contributed by atoms with Crippen LogP contribution in [0.3, 0.4) is 0 Å². The van der Waals surface area contributed by atoms with E-state index in [1.54, 1.807) is 0 Å². The summed E-state index contributed by atoms with van der Waals surface area (Å²) >= 11 is 0. The van der Waals surface area contributed by atoms with E-state index in [1.165, 1.54) is 0 Å². The number of anilines is 4. The third-order valence-electron chi connectivity index (χ3n) is 9.77. The molecule has 6 nitrogen and oxygen atoms in total. The van der Waals surface area contributed by atoms with Crippen LogP contribution in [0, 0.1) is 0 Å². The van der Waals surface area contributed by atoms with Crippen molar-refractivity contribution in [2.75, 3.05) is 23.9 Å². The highest BCUT2D eigenvalue weighted by Crippen LogP contribution is 2.35. The van der Waals surface area contributed by atoms with Crippen LogP contribution in [-0.4, -0.2) is 34.0 Å². The Morgan fingerprint density at radius 1 is 0.404 bits per heavy atom. The molecule has 0 spiro atoms. The number of hydrogen-bond donors (Lipinski definition) is 2. The van der Waals surface area contributed by atoms with Gasteiger partial charge in [-0.25, -0.2) is 9.97 Å². The number of H-pyrrole nitrogens is 2.